The van der Waals surface area contributed by atoms with Gasteiger partial charge in [0.15, 0.2) is 16.7 Å². The van der Waals surface area contributed by atoms with Crippen LogP contribution in [0.3, 0.4) is 0 Å². The van der Waals surface area contributed by atoms with E-state index in [4.69, 9.17) is 21.7 Å². The maximum absolute atomic E-state index is 15.1. The van der Waals surface area contributed by atoms with E-state index >= 15 is 4.39 Å². The van der Waals surface area contributed by atoms with Gasteiger partial charge in [0.2, 0.25) is 5.91 Å². The average Bonchev–Trinajstić information content (AvgIpc) is 2.97. The van der Waals surface area contributed by atoms with Crippen LogP contribution >= 0.6 is 12.2 Å². The number of benzene rings is 3. The molecular formula is C30H28F2N4O5S. The number of rotatable bonds is 10. The third kappa shape index (κ3) is 7.53. The molecule has 0 aliphatic rings. The van der Waals surface area contributed by atoms with Crippen molar-refractivity contribution >= 4 is 45.7 Å². The number of ether oxygens (including phenoxy) is 2. The van der Waals surface area contributed by atoms with Crippen LogP contribution in [0.2, 0.25) is 0 Å². The summed E-state index contributed by atoms with van der Waals surface area (Å²) in [5, 5.41) is 17.9. The normalized spacial score (nSPS) is 11.5. The van der Waals surface area contributed by atoms with Crippen LogP contribution in [0, 0.1) is 11.6 Å². The first-order chi connectivity index (χ1) is 20.2. The highest BCUT2D eigenvalue weighted by atomic mass is 32.1. The molecule has 0 spiro atoms. The fourth-order valence-electron chi connectivity index (χ4n) is 4.02. The highest BCUT2D eigenvalue weighted by Crippen LogP contribution is 2.34. The van der Waals surface area contributed by atoms with Gasteiger partial charge < -0.3 is 30.5 Å². The van der Waals surface area contributed by atoms with Crippen molar-refractivity contribution in [1.29, 1.82) is 0 Å². The Morgan fingerprint density at radius 1 is 1.02 bits per heavy atom. The van der Waals surface area contributed by atoms with Gasteiger partial charge in [-0.25, -0.2) is 8.78 Å². The van der Waals surface area contributed by atoms with Crippen molar-refractivity contribution in [2.75, 3.05) is 19.0 Å². The van der Waals surface area contributed by atoms with Crippen LogP contribution in [0.15, 0.2) is 66.9 Å². The van der Waals surface area contributed by atoms with Crippen molar-refractivity contribution in [2.45, 2.75) is 25.8 Å². The zero-order valence-electron chi connectivity index (χ0n) is 22.7. The summed E-state index contributed by atoms with van der Waals surface area (Å²) in [5.74, 6) is -1.58. The summed E-state index contributed by atoms with van der Waals surface area (Å²) < 4.78 is 39.4. The largest absolute Gasteiger partial charge is 0.496 e. The number of pyridine rings is 1. The molecule has 1 heterocycles. The molecule has 218 valence electrons. The van der Waals surface area contributed by atoms with Crippen molar-refractivity contribution in [3.05, 3.63) is 89.6 Å². The Hall–Kier alpha value is -4.68. The van der Waals surface area contributed by atoms with Gasteiger partial charge in [-0.1, -0.05) is 19.1 Å². The van der Waals surface area contributed by atoms with Crippen LogP contribution in [0.5, 0.6) is 17.2 Å². The predicted octanol–water partition coefficient (Wildman–Crippen LogP) is 4.87. The summed E-state index contributed by atoms with van der Waals surface area (Å²) in [4.78, 5) is 29.5. The Kier molecular flexibility index (Phi) is 9.94. The van der Waals surface area contributed by atoms with E-state index in [9.17, 15) is 19.1 Å². The van der Waals surface area contributed by atoms with E-state index in [2.05, 4.69) is 20.9 Å². The van der Waals surface area contributed by atoms with Crippen LogP contribution in [-0.2, 0) is 11.2 Å². The molecule has 2 amide bonds. The number of carbonyl (C=O) groups is 2. The van der Waals surface area contributed by atoms with Gasteiger partial charge in [0.05, 0.1) is 37.3 Å². The van der Waals surface area contributed by atoms with Crippen LogP contribution in [-0.4, -0.2) is 46.8 Å². The molecule has 0 saturated carbocycles. The summed E-state index contributed by atoms with van der Waals surface area (Å²) >= 11 is 5.16. The van der Waals surface area contributed by atoms with Crippen molar-refractivity contribution < 1.29 is 33.0 Å². The molecule has 1 aromatic heterocycles. The second-order valence-corrected chi connectivity index (χ2v) is 9.60. The third-order valence-electron chi connectivity index (χ3n) is 6.26. The smallest absolute Gasteiger partial charge is 0.255 e. The van der Waals surface area contributed by atoms with Crippen molar-refractivity contribution in [3.8, 4) is 17.2 Å². The second-order valence-electron chi connectivity index (χ2n) is 9.19. The van der Waals surface area contributed by atoms with Crippen LogP contribution < -0.4 is 25.4 Å². The van der Waals surface area contributed by atoms with Gasteiger partial charge in [0.1, 0.15) is 17.3 Å². The predicted molar refractivity (Wildman–Crippen MR) is 158 cm³/mol. The zero-order valence-corrected chi connectivity index (χ0v) is 23.6. The Bertz CT molecular complexity index is 1610. The molecule has 0 radical (unpaired) electrons. The number of methoxy groups -OCH3 is 1. The number of anilines is 1. The van der Waals surface area contributed by atoms with Gasteiger partial charge in [-0.3, -0.25) is 14.6 Å². The van der Waals surface area contributed by atoms with E-state index in [1.165, 1.54) is 61.8 Å². The summed E-state index contributed by atoms with van der Waals surface area (Å²) in [7, 11) is 1.43. The molecule has 12 heteroatoms. The van der Waals surface area contributed by atoms with Gasteiger partial charge in [-0.05, 0) is 60.6 Å². The molecule has 42 heavy (non-hydrogen) atoms. The Labute approximate surface area is 245 Å². The number of hydrogen-bond donors (Lipinski definition) is 4. The van der Waals surface area contributed by atoms with E-state index in [1.54, 1.807) is 6.07 Å². The lowest BCUT2D eigenvalue weighted by molar-refractivity contribution is -0.119. The third-order valence-corrected chi connectivity index (χ3v) is 6.46. The molecule has 4 N–H and O–H groups in total. The standard InChI is InChI=1S/C30H28F2N4O5S/c1-3-19(16-37)34-29(39)22-14-21-24(15-27(22)40-2)33-11-10-25(21)41-26-9-8-20(13-23(26)32)35-30(42)36-28(38)12-17-4-6-18(31)7-5-17/h4-11,13-15,19,37H,3,12,16H2,1-2H3,(H,34,39)(H2,35,36,38,42). The Morgan fingerprint density at radius 2 is 1.79 bits per heavy atom. The quantitative estimate of drug-likeness (QED) is 0.192. The Morgan fingerprint density at radius 3 is 2.45 bits per heavy atom. The number of amides is 2. The number of hydrogen-bond acceptors (Lipinski definition) is 7. The number of aliphatic hydroxyl groups excluding tert-OH is 1. The molecular weight excluding hydrogens is 566 g/mol. The summed E-state index contributed by atoms with van der Waals surface area (Å²) in [6, 6.07) is 13.8. The van der Waals surface area contributed by atoms with E-state index in [0.717, 1.165) is 6.07 Å². The van der Waals surface area contributed by atoms with Gasteiger partial charge in [0.25, 0.3) is 5.91 Å². The van der Waals surface area contributed by atoms with Gasteiger partial charge >= 0.3 is 0 Å². The highest BCUT2D eigenvalue weighted by Gasteiger charge is 2.19. The average molecular weight is 595 g/mol. The van der Waals surface area contributed by atoms with E-state index in [0.29, 0.717) is 22.9 Å². The molecule has 0 fully saturated rings. The van der Waals surface area contributed by atoms with E-state index < -0.39 is 29.5 Å². The lowest BCUT2D eigenvalue weighted by Crippen LogP contribution is -2.37. The minimum Gasteiger partial charge on any atom is -0.496 e. The molecule has 3 aromatic carbocycles. The summed E-state index contributed by atoms with van der Waals surface area (Å²) in [5.41, 5.74) is 1.53. The lowest BCUT2D eigenvalue weighted by Gasteiger charge is -2.17. The first kappa shape index (κ1) is 30.3. The minimum atomic E-state index is -0.717. The SMILES string of the molecule is CCC(CO)NC(=O)c1cc2c(Oc3ccc(NC(=S)NC(=O)Cc4ccc(F)cc4)cc3F)ccnc2cc1OC. The number of aromatic nitrogens is 1. The number of fused-ring (bicyclic) bond motifs is 1. The number of thiocarbonyl (C=S) groups is 1. The van der Waals surface area contributed by atoms with E-state index in [1.807, 2.05) is 6.92 Å². The Balaban J connectivity index is 1.48. The van der Waals surface area contributed by atoms with Crippen molar-refractivity contribution in [3.63, 3.8) is 0 Å². The number of aliphatic hydroxyl groups is 1. The topological polar surface area (TPSA) is 122 Å². The van der Waals surface area contributed by atoms with Crippen molar-refractivity contribution in [1.82, 2.24) is 15.6 Å². The van der Waals surface area contributed by atoms with E-state index in [-0.39, 0.29) is 46.6 Å². The van der Waals surface area contributed by atoms with Gasteiger partial charge in [0, 0.05) is 29.4 Å². The van der Waals surface area contributed by atoms with Gasteiger partial charge in [-0.15, -0.1) is 0 Å². The molecule has 0 aliphatic heterocycles. The maximum Gasteiger partial charge on any atom is 0.255 e. The number of halogens is 2. The summed E-state index contributed by atoms with van der Waals surface area (Å²) in [6.07, 6.45) is 2.00. The molecule has 1 atom stereocenters. The molecule has 1 unspecified atom stereocenters. The fourth-order valence-corrected chi connectivity index (χ4v) is 4.26. The number of nitrogens with zero attached hydrogens (tertiary/aromatic N) is 1. The lowest BCUT2D eigenvalue weighted by atomic mass is 10.1. The molecule has 9 nitrogen and oxygen atoms in total. The maximum atomic E-state index is 15.1. The fraction of sp³-hybridized carbons (Fsp3) is 0.200. The molecule has 0 aliphatic carbocycles. The molecule has 4 rings (SSSR count). The zero-order chi connectivity index (χ0) is 30.2. The first-order valence-electron chi connectivity index (χ1n) is 12.9. The monoisotopic (exact) mass is 594 g/mol. The van der Waals surface area contributed by atoms with Crippen LogP contribution in [0.1, 0.15) is 29.3 Å². The van der Waals surface area contributed by atoms with Crippen LogP contribution in [0.25, 0.3) is 10.9 Å². The molecule has 4 aromatic rings. The summed E-state index contributed by atoms with van der Waals surface area (Å²) in [6.45, 7) is 1.62. The first-order valence-corrected chi connectivity index (χ1v) is 13.3. The second kappa shape index (κ2) is 13.8. The minimum absolute atomic E-state index is 0.0149. The highest BCUT2D eigenvalue weighted by molar-refractivity contribution is 7.80. The van der Waals surface area contributed by atoms with Crippen LogP contribution in [0.4, 0.5) is 14.5 Å². The van der Waals surface area contributed by atoms with Gasteiger partial charge in [-0.2, -0.15) is 0 Å². The number of nitrogens with one attached hydrogen (secondary N) is 3. The molecule has 0 bridgehead atoms. The number of carbonyl (C=O) groups excluding carboxylic acids is 2. The molecule has 0 saturated heterocycles. The van der Waals surface area contributed by atoms with Crippen molar-refractivity contribution in [2.24, 2.45) is 0 Å².